The van der Waals surface area contributed by atoms with Gasteiger partial charge in [-0.15, -0.1) is 0 Å². The second-order valence-electron chi connectivity index (χ2n) is 3.77. The van der Waals surface area contributed by atoms with Crippen LogP contribution in [0.25, 0.3) is 10.9 Å². The van der Waals surface area contributed by atoms with E-state index in [1.165, 1.54) is 6.21 Å². The summed E-state index contributed by atoms with van der Waals surface area (Å²) in [6.07, 6.45) is 1.42. The van der Waals surface area contributed by atoms with E-state index in [4.69, 9.17) is 5.73 Å². The number of rotatable bonds is 2. The lowest BCUT2D eigenvalue weighted by Crippen LogP contribution is -2.24. The Bertz CT molecular complexity index is 690. The number of aryl methyl sites for hydroxylation is 1. The minimum Gasteiger partial charge on any atom is -0.375 e. The average Bonchev–Trinajstić information content (AvgIpc) is 2.33. The molecule has 4 N–H and O–H groups in total. The van der Waals surface area contributed by atoms with Gasteiger partial charge in [0.1, 0.15) is 0 Å². The van der Waals surface area contributed by atoms with Gasteiger partial charge >= 0.3 is 0 Å². The van der Waals surface area contributed by atoms with Crippen molar-refractivity contribution in [3.05, 3.63) is 45.7 Å². The number of benzene rings is 1. The first kappa shape index (κ1) is 12.3. The monoisotopic (exact) mass is 260 g/mol. The van der Waals surface area contributed by atoms with Crippen LogP contribution in [0.2, 0.25) is 0 Å². The highest BCUT2D eigenvalue weighted by molar-refractivity contribution is 7.80. The Hall–Kier alpha value is -2.21. The number of H-pyrrole nitrogens is 1. The molecule has 0 aliphatic rings. The third-order valence-electron chi connectivity index (χ3n) is 2.51. The summed E-state index contributed by atoms with van der Waals surface area (Å²) in [7, 11) is 0. The van der Waals surface area contributed by atoms with Crippen LogP contribution in [0.15, 0.2) is 34.2 Å². The number of pyridine rings is 1. The van der Waals surface area contributed by atoms with E-state index in [1.807, 2.05) is 25.1 Å². The quantitative estimate of drug-likeness (QED) is 0.427. The van der Waals surface area contributed by atoms with E-state index in [-0.39, 0.29) is 10.5 Å². The van der Waals surface area contributed by atoms with Crippen molar-refractivity contribution in [3.63, 3.8) is 0 Å². The van der Waals surface area contributed by atoms with Crippen molar-refractivity contribution < 1.29 is 0 Å². The maximum Gasteiger partial charge on any atom is 0.198 e. The number of aromatic nitrogens is 1. The highest BCUT2D eigenvalue weighted by atomic mass is 32.1. The first-order valence-corrected chi connectivity index (χ1v) is 5.70. The highest BCUT2D eigenvalue weighted by Gasteiger charge is 2.06. The largest absolute Gasteiger partial charge is 0.375 e. The summed E-state index contributed by atoms with van der Waals surface area (Å²) in [6, 6.07) is 7.32. The average molecular weight is 260 g/mol. The Labute approximate surface area is 109 Å². The Morgan fingerprint density at radius 2 is 2.22 bits per heavy atom. The molecule has 0 radical (unpaired) electrons. The topological polar surface area (TPSA) is 83.3 Å². The van der Waals surface area contributed by atoms with E-state index < -0.39 is 0 Å². The molecule has 0 aliphatic heterocycles. The van der Waals surface area contributed by atoms with Crippen molar-refractivity contribution in [2.75, 3.05) is 0 Å². The first-order chi connectivity index (χ1) is 8.59. The molecule has 6 heteroatoms. The molecule has 2 aromatic rings. The van der Waals surface area contributed by atoms with Crippen LogP contribution in [0.1, 0.15) is 11.3 Å². The van der Waals surface area contributed by atoms with Gasteiger partial charge in [0.15, 0.2) is 10.5 Å². The molecule has 0 fully saturated rings. The van der Waals surface area contributed by atoms with Gasteiger partial charge in [-0.2, -0.15) is 5.10 Å². The maximum absolute atomic E-state index is 12.2. The lowest BCUT2D eigenvalue weighted by molar-refractivity contribution is 1.04. The molecule has 0 unspecified atom stereocenters. The number of thiocarbonyl (C=S) groups is 1. The number of nitrogens with one attached hydrogen (secondary N) is 2. The zero-order chi connectivity index (χ0) is 13.1. The van der Waals surface area contributed by atoms with Crippen molar-refractivity contribution in [1.29, 1.82) is 0 Å². The number of para-hydroxylation sites is 1. The molecule has 1 heterocycles. The van der Waals surface area contributed by atoms with Crippen LogP contribution in [0.3, 0.4) is 0 Å². The van der Waals surface area contributed by atoms with Gasteiger partial charge < -0.3 is 10.7 Å². The predicted octanol–water partition coefficient (Wildman–Crippen LogP) is 1.00. The number of hydrazone groups is 1. The number of aromatic amines is 1. The van der Waals surface area contributed by atoms with E-state index in [1.54, 1.807) is 6.07 Å². The SMILES string of the molecule is Cc1[nH]c2ccccc2c(=O)c1C=NNC(N)=S. The lowest BCUT2D eigenvalue weighted by atomic mass is 10.1. The van der Waals surface area contributed by atoms with Gasteiger partial charge in [0.2, 0.25) is 0 Å². The summed E-state index contributed by atoms with van der Waals surface area (Å²) >= 11 is 4.62. The molecule has 0 aliphatic carbocycles. The van der Waals surface area contributed by atoms with Crippen molar-refractivity contribution in [2.24, 2.45) is 10.8 Å². The van der Waals surface area contributed by atoms with Crippen molar-refractivity contribution in [1.82, 2.24) is 10.4 Å². The van der Waals surface area contributed by atoms with E-state index in [0.29, 0.717) is 10.9 Å². The Morgan fingerprint density at radius 1 is 1.50 bits per heavy atom. The fourth-order valence-electron chi connectivity index (χ4n) is 1.69. The highest BCUT2D eigenvalue weighted by Crippen LogP contribution is 2.09. The molecule has 0 amide bonds. The molecule has 5 nitrogen and oxygen atoms in total. The van der Waals surface area contributed by atoms with Gasteiger partial charge in [-0.3, -0.25) is 10.2 Å². The fourth-order valence-corrected chi connectivity index (χ4v) is 1.74. The van der Waals surface area contributed by atoms with Crippen LogP contribution in [0.5, 0.6) is 0 Å². The smallest absolute Gasteiger partial charge is 0.198 e. The molecule has 0 saturated carbocycles. The van der Waals surface area contributed by atoms with Gasteiger partial charge in [-0.1, -0.05) is 12.1 Å². The van der Waals surface area contributed by atoms with E-state index in [9.17, 15) is 4.79 Å². The zero-order valence-corrected chi connectivity index (χ0v) is 10.5. The molecule has 1 aromatic carbocycles. The van der Waals surface area contributed by atoms with E-state index >= 15 is 0 Å². The summed E-state index contributed by atoms with van der Waals surface area (Å²) < 4.78 is 0. The van der Waals surface area contributed by atoms with Crippen molar-refractivity contribution in [3.8, 4) is 0 Å². The lowest BCUT2D eigenvalue weighted by Gasteiger charge is -2.03. The summed E-state index contributed by atoms with van der Waals surface area (Å²) in [5.74, 6) is 0. The Balaban J connectivity index is 2.54. The fraction of sp³-hybridized carbons (Fsp3) is 0.0833. The molecule has 2 rings (SSSR count). The molecule has 1 aromatic heterocycles. The van der Waals surface area contributed by atoms with Gasteiger partial charge in [-0.05, 0) is 31.3 Å². The third kappa shape index (κ3) is 2.38. The Kier molecular flexibility index (Phi) is 3.38. The number of hydrogen-bond acceptors (Lipinski definition) is 3. The van der Waals surface area contributed by atoms with Crippen LogP contribution in [-0.2, 0) is 0 Å². The maximum atomic E-state index is 12.2. The Morgan fingerprint density at radius 3 is 2.94 bits per heavy atom. The van der Waals surface area contributed by atoms with E-state index in [0.717, 1.165) is 11.2 Å². The number of fused-ring (bicyclic) bond motifs is 1. The molecule has 0 bridgehead atoms. The second-order valence-corrected chi connectivity index (χ2v) is 4.21. The first-order valence-electron chi connectivity index (χ1n) is 5.29. The van der Waals surface area contributed by atoms with Gasteiger partial charge in [-0.25, -0.2) is 0 Å². The van der Waals surface area contributed by atoms with E-state index in [2.05, 4.69) is 27.7 Å². The van der Waals surface area contributed by atoms with Crippen LogP contribution in [0.4, 0.5) is 0 Å². The number of nitrogens with zero attached hydrogens (tertiary/aromatic N) is 1. The molecule has 92 valence electrons. The molecular formula is C12H12N4OS. The van der Waals surface area contributed by atoms with Gasteiger partial charge in [0, 0.05) is 16.6 Å². The summed E-state index contributed by atoms with van der Waals surface area (Å²) in [4.78, 5) is 15.4. The van der Waals surface area contributed by atoms with Crippen LogP contribution >= 0.6 is 12.2 Å². The third-order valence-corrected chi connectivity index (χ3v) is 2.60. The zero-order valence-electron chi connectivity index (χ0n) is 9.73. The number of hydrogen-bond donors (Lipinski definition) is 3. The minimum absolute atomic E-state index is 0.0566. The molecule has 0 atom stereocenters. The van der Waals surface area contributed by atoms with Gasteiger partial charge in [0.05, 0.1) is 11.8 Å². The minimum atomic E-state index is -0.0738. The summed E-state index contributed by atoms with van der Waals surface area (Å²) in [6.45, 7) is 1.82. The summed E-state index contributed by atoms with van der Waals surface area (Å²) in [5.41, 5.74) is 9.62. The molecule has 0 spiro atoms. The number of nitrogens with two attached hydrogens (primary N) is 1. The van der Waals surface area contributed by atoms with Gasteiger partial charge in [0.25, 0.3) is 0 Å². The molecule has 0 saturated heterocycles. The molecule has 18 heavy (non-hydrogen) atoms. The van der Waals surface area contributed by atoms with Crippen LogP contribution < -0.4 is 16.6 Å². The van der Waals surface area contributed by atoms with Crippen molar-refractivity contribution in [2.45, 2.75) is 6.92 Å². The van der Waals surface area contributed by atoms with Crippen LogP contribution in [-0.4, -0.2) is 16.3 Å². The summed E-state index contributed by atoms with van der Waals surface area (Å²) in [5, 5.41) is 4.49. The van der Waals surface area contributed by atoms with Crippen LogP contribution in [0, 0.1) is 6.92 Å². The normalized spacial score (nSPS) is 10.9. The second kappa shape index (κ2) is 4.97. The standard InChI is InChI=1S/C12H12N4OS/c1-7-9(6-14-16-12(13)18)11(17)8-4-2-3-5-10(8)15-7/h2-6H,1H3,(H,15,17)(H3,13,16,18). The van der Waals surface area contributed by atoms with Crippen molar-refractivity contribution >= 4 is 34.4 Å². The molecular weight excluding hydrogens is 248 g/mol. The predicted molar refractivity (Wildman–Crippen MR) is 76.8 cm³/mol.